The highest BCUT2D eigenvalue weighted by molar-refractivity contribution is 5.80. The quantitative estimate of drug-likeness (QED) is 0.780. The number of unbranched alkanes of at least 4 members (excludes halogenated alkanes) is 1. The van der Waals surface area contributed by atoms with Crippen molar-refractivity contribution in [3.63, 3.8) is 0 Å². The Morgan fingerprint density at radius 1 is 1.29 bits per heavy atom. The predicted molar refractivity (Wildman–Crippen MR) is 93.6 cm³/mol. The van der Waals surface area contributed by atoms with Crippen LogP contribution in [0, 0.1) is 12.8 Å². The first-order valence-corrected chi connectivity index (χ1v) is 8.75. The van der Waals surface area contributed by atoms with Gasteiger partial charge in [0.1, 0.15) is 5.75 Å². The summed E-state index contributed by atoms with van der Waals surface area (Å²) in [6.07, 6.45) is 3.74. The fraction of sp³-hybridized carbons (Fsp3) is 0.579. The van der Waals surface area contributed by atoms with Crippen LogP contribution in [0.3, 0.4) is 0 Å². The molecule has 132 valence electrons. The van der Waals surface area contributed by atoms with Gasteiger partial charge in [-0.15, -0.1) is 0 Å². The molecule has 1 fully saturated rings. The van der Waals surface area contributed by atoms with Crippen molar-refractivity contribution in [2.45, 2.75) is 52.0 Å². The van der Waals surface area contributed by atoms with E-state index in [1.54, 1.807) is 0 Å². The third kappa shape index (κ3) is 5.25. The van der Waals surface area contributed by atoms with E-state index in [2.05, 4.69) is 0 Å². The summed E-state index contributed by atoms with van der Waals surface area (Å²) in [5.41, 5.74) is 6.56. The molecule has 2 amide bonds. The van der Waals surface area contributed by atoms with Gasteiger partial charge in [0.05, 0.1) is 12.5 Å². The Balaban J connectivity index is 1.69. The van der Waals surface area contributed by atoms with Crippen LogP contribution in [0.2, 0.25) is 0 Å². The van der Waals surface area contributed by atoms with E-state index in [9.17, 15) is 9.59 Å². The van der Waals surface area contributed by atoms with Gasteiger partial charge in [-0.3, -0.25) is 9.59 Å². The van der Waals surface area contributed by atoms with Gasteiger partial charge in [0, 0.05) is 19.0 Å². The molecule has 2 N–H and O–H groups in total. The van der Waals surface area contributed by atoms with E-state index < -0.39 is 0 Å². The molecule has 0 saturated carbocycles. The number of carbonyl (C=O) groups excluding carboxylic acids is 2. The minimum absolute atomic E-state index is 0.115. The molecular formula is C19H28N2O3. The summed E-state index contributed by atoms with van der Waals surface area (Å²) in [6, 6.07) is 8.14. The second-order valence-electron chi connectivity index (χ2n) is 6.69. The van der Waals surface area contributed by atoms with E-state index in [0.717, 1.165) is 31.4 Å². The number of hydrogen-bond acceptors (Lipinski definition) is 3. The maximum Gasteiger partial charge on any atom is 0.222 e. The SMILES string of the molecule is Cc1cccc(OCCCCC(=O)N2CC(C(N)=O)CCC2C)c1. The number of hydrogen-bond donors (Lipinski definition) is 1. The number of rotatable bonds is 7. The molecular weight excluding hydrogens is 304 g/mol. The van der Waals surface area contributed by atoms with Gasteiger partial charge in [0.25, 0.3) is 0 Å². The van der Waals surface area contributed by atoms with E-state index in [4.69, 9.17) is 10.5 Å². The zero-order valence-corrected chi connectivity index (χ0v) is 14.7. The van der Waals surface area contributed by atoms with Crippen LogP contribution >= 0.6 is 0 Å². The number of piperidine rings is 1. The Morgan fingerprint density at radius 2 is 2.08 bits per heavy atom. The molecule has 1 aliphatic rings. The van der Waals surface area contributed by atoms with Crippen molar-refractivity contribution in [2.24, 2.45) is 11.7 Å². The highest BCUT2D eigenvalue weighted by Crippen LogP contribution is 2.23. The van der Waals surface area contributed by atoms with Crippen molar-refractivity contribution < 1.29 is 14.3 Å². The van der Waals surface area contributed by atoms with Gasteiger partial charge in [-0.1, -0.05) is 12.1 Å². The normalized spacial score (nSPS) is 20.7. The van der Waals surface area contributed by atoms with Crippen molar-refractivity contribution in [3.05, 3.63) is 29.8 Å². The molecule has 0 aromatic heterocycles. The first-order chi connectivity index (χ1) is 11.5. The number of nitrogens with zero attached hydrogens (tertiary/aromatic N) is 1. The molecule has 0 radical (unpaired) electrons. The molecule has 0 bridgehead atoms. The largest absolute Gasteiger partial charge is 0.494 e. The maximum atomic E-state index is 12.4. The Kier molecular flexibility index (Phi) is 6.64. The van der Waals surface area contributed by atoms with E-state index in [-0.39, 0.29) is 23.8 Å². The molecule has 1 aromatic rings. The van der Waals surface area contributed by atoms with Gasteiger partial charge < -0.3 is 15.4 Å². The second-order valence-corrected chi connectivity index (χ2v) is 6.69. The number of carbonyl (C=O) groups is 2. The third-order valence-electron chi connectivity index (χ3n) is 4.65. The Labute approximate surface area is 144 Å². The fourth-order valence-electron chi connectivity index (χ4n) is 3.10. The number of ether oxygens (including phenoxy) is 1. The van der Waals surface area contributed by atoms with Crippen molar-refractivity contribution in [1.82, 2.24) is 4.90 Å². The molecule has 1 heterocycles. The standard InChI is InChI=1S/C19H28N2O3/c1-14-6-5-7-17(12-14)24-11-4-3-8-18(22)21-13-16(19(20)23)10-9-15(21)2/h5-7,12,15-16H,3-4,8-11,13H2,1-2H3,(H2,20,23). The summed E-state index contributed by atoms with van der Waals surface area (Å²) in [7, 11) is 0. The Hall–Kier alpha value is -2.04. The minimum Gasteiger partial charge on any atom is -0.494 e. The lowest BCUT2D eigenvalue weighted by Gasteiger charge is -2.37. The van der Waals surface area contributed by atoms with Gasteiger partial charge in [-0.25, -0.2) is 0 Å². The smallest absolute Gasteiger partial charge is 0.222 e. The van der Waals surface area contributed by atoms with Crippen LogP contribution in [-0.2, 0) is 9.59 Å². The van der Waals surface area contributed by atoms with Crippen LogP contribution in [0.25, 0.3) is 0 Å². The zero-order valence-electron chi connectivity index (χ0n) is 14.7. The van der Waals surface area contributed by atoms with Gasteiger partial charge >= 0.3 is 0 Å². The number of aryl methyl sites for hydroxylation is 1. The predicted octanol–water partition coefficient (Wildman–Crippen LogP) is 2.66. The molecule has 2 unspecified atom stereocenters. The first kappa shape index (κ1) is 18.3. The summed E-state index contributed by atoms with van der Waals surface area (Å²) >= 11 is 0. The molecule has 24 heavy (non-hydrogen) atoms. The maximum absolute atomic E-state index is 12.4. The number of amides is 2. The highest BCUT2D eigenvalue weighted by atomic mass is 16.5. The molecule has 2 rings (SSSR count). The lowest BCUT2D eigenvalue weighted by atomic mass is 9.92. The molecule has 5 heteroatoms. The average molecular weight is 332 g/mol. The molecule has 5 nitrogen and oxygen atoms in total. The van der Waals surface area contributed by atoms with Crippen molar-refractivity contribution in [3.8, 4) is 5.75 Å². The summed E-state index contributed by atoms with van der Waals surface area (Å²) in [5.74, 6) is 0.486. The van der Waals surface area contributed by atoms with Gasteiger partial charge in [0.2, 0.25) is 11.8 Å². The number of primary amides is 1. The molecule has 0 spiro atoms. The number of benzene rings is 1. The first-order valence-electron chi connectivity index (χ1n) is 8.75. The summed E-state index contributed by atoms with van der Waals surface area (Å²) in [4.78, 5) is 25.6. The Bertz CT molecular complexity index is 573. The van der Waals surface area contributed by atoms with Gasteiger partial charge in [-0.2, -0.15) is 0 Å². The van der Waals surface area contributed by atoms with Crippen LogP contribution in [0.15, 0.2) is 24.3 Å². The van der Waals surface area contributed by atoms with Crippen molar-refractivity contribution in [1.29, 1.82) is 0 Å². The van der Waals surface area contributed by atoms with Crippen molar-refractivity contribution >= 4 is 11.8 Å². The van der Waals surface area contributed by atoms with Gasteiger partial charge in [0.15, 0.2) is 0 Å². The second kappa shape index (κ2) is 8.71. The summed E-state index contributed by atoms with van der Waals surface area (Å²) in [5, 5.41) is 0. The molecule has 1 aliphatic heterocycles. The number of nitrogens with two attached hydrogens (primary N) is 1. The van der Waals surface area contributed by atoms with Crippen LogP contribution < -0.4 is 10.5 Å². The lowest BCUT2D eigenvalue weighted by Crippen LogP contribution is -2.48. The summed E-state index contributed by atoms with van der Waals surface area (Å²) < 4.78 is 5.70. The monoisotopic (exact) mass is 332 g/mol. The molecule has 1 saturated heterocycles. The zero-order chi connectivity index (χ0) is 17.5. The van der Waals surface area contributed by atoms with Crippen LogP contribution in [0.1, 0.15) is 44.6 Å². The minimum atomic E-state index is -0.300. The molecule has 2 atom stereocenters. The third-order valence-corrected chi connectivity index (χ3v) is 4.65. The lowest BCUT2D eigenvalue weighted by molar-refractivity contribution is -0.137. The highest BCUT2D eigenvalue weighted by Gasteiger charge is 2.31. The van der Waals surface area contributed by atoms with Crippen LogP contribution in [0.4, 0.5) is 0 Å². The topological polar surface area (TPSA) is 72.6 Å². The van der Waals surface area contributed by atoms with E-state index >= 15 is 0 Å². The Morgan fingerprint density at radius 3 is 2.79 bits per heavy atom. The van der Waals surface area contributed by atoms with Crippen LogP contribution in [-0.4, -0.2) is 35.9 Å². The average Bonchev–Trinajstić information content (AvgIpc) is 2.54. The number of likely N-dealkylation sites (tertiary alicyclic amines) is 1. The fourth-order valence-corrected chi connectivity index (χ4v) is 3.10. The van der Waals surface area contributed by atoms with E-state index in [0.29, 0.717) is 19.6 Å². The van der Waals surface area contributed by atoms with Crippen LogP contribution in [0.5, 0.6) is 5.75 Å². The van der Waals surface area contributed by atoms with Gasteiger partial charge in [-0.05, 0) is 57.2 Å². The van der Waals surface area contributed by atoms with Crippen molar-refractivity contribution in [2.75, 3.05) is 13.2 Å². The van der Waals surface area contributed by atoms with E-state index in [1.807, 2.05) is 43.0 Å². The molecule has 1 aromatic carbocycles. The molecule has 0 aliphatic carbocycles. The van der Waals surface area contributed by atoms with E-state index in [1.165, 1.54) is 5.56 Å². The summed E-state index contributed by atoms with van der Waals surface area (Å²) in [6.45, 7) is 5.14.